The van der Waals surface area contributed by atoms with Gasteiger partial charge in [-0.3, -0.25) is 0 Å². The summed E-state index contributed by atoms with van der Waals surface area (Å²) in [7, 11) is 0. The van der Waals surface area contributed by atoms with Crippen molar-refractivity contribution in [1.29, 1.82) is 0 Å². The number of ether oxygens (including phenoxy) is 2. The molecule has 3 heteroatoms. The predicted molar refractivity (Wildman–Crippen MR) is 84.8 cm³/mol. The Morgan fingerprint density at radius 1 is 1.29 bits per heavy atom. The Kier molecular flexibility index (Phi) is 4.73. The fraction of sp³-hybridized carbons (Fsp3) is 0.556. The third-order valence-corrected chi connectivity index (χ3v) is 4.51. The standard InChI is InChI=1S/C18H21ClO2/c19-12-2-1-4-15-5-7-16(8-6-15)21-17-9-13-20-18(14-17)10-3-11-18/h5-8,17H,2-3,9-14H2. The van der Waals surface area contributed by atoms with E-state index in [4.69, 9.17) is 21.1 Å². The van der Waals surface area contributed by atoms with Crippen LogP contribution in [0.4, 0.5) is 0 Å². The monoisotopic (exact) mass is 304 g/mol. The Morgan fingerprint density at radius 2 is 2.10 bits per heavy atom. The molecule has 2 aliphatic rings. The molecule has 1 saturated heterocycles. The third-order valence-electron chi connectivity index (χ3n) is 4.32. The molecule has 1 heterocycles. The second-order valence-corrected chi connectivity index (χ2v) is 6.26. The molecule has 1 atom stereocenters. The predicted octanol–water partition coefficient (Wildman–Crippen LogP) is 4.15. The molecule has 1 aromatic carbocycles. The molecular formula is C18H21ClO2. The van der Waals surface area contributed by atoms with Crippen LogP contribution >= 0.6 is 11.6 Å². The molecule has 3 rings (SSSR count). The molecule has 1 spiro atoms. The molecule has 2 nitrogen and oxygen atoms in total. The zero-order valence-electron chi connectivity index (χ0n) is 12.2. The maximum atomic E-state index is 6.12. The summed E-state index contributed by atoms with van der Waals surface area (Å²) >= 11 is 5.61. The fourth-order valence-corrected chi connectivity index (χ4v) is 3.12. The molecule has 1 aliphatic heterocycles. The van der Waals surface area contributed by atoms with Crippen LogP contribution in [-0.2, 0) is 4.74 Å². The first kappa shape index (κ1) is 14.8. The first-order valence-corrected chi connectivity index (χ1v) is 8.29. The van der Waals surface area contributed by atoms with E-state index in [1.54, 1.807) is 0 Å². The molecular weight excluding hydrogens is 284 g/mol. The Morgan fingerprint density at radius 3 is 2.76 bits per heavy atom. The maximum absolute atomic E-state index is 6.12. The largest absolute Gasteiger partial charge is 0.490 e. The summed E-state index contributed by atoms with van der Waals surface area (Å²) in [5.74, 6) is 7.65. The summed E-state index contributed by atoms with van der Waals surface area (Å²) in [6, 6.07) is 8.03. The Bertz CT molecular complexity index is 522. The smallest absolute Gasteiger partial charge is 0.119 e. The van der Waals surface area contributed by atoms with Gasteiger partial charge in [0.15, 0.2) is 0 Å². The molecule has 21 heavy (non-hydrogen) atoms. The average Bonchev–Trinajstić information content (AvgIpc) is 2.48. The second kappa shape index (κ2) is 6.73. The molecule has 1 saturated carbocycles. The Labute approximate surface area is 131 Å². The van der Waals surface area contributed by atoms with Crippen LogP contribution in [0.1, 0.15) is 44.1 Å². The summed E-state index contributed by atoms with van der Waals surface area (Å²) in [5.41, 5.74) is 1.14. The van der Waals surface area contributed by atoms with E-state index in [-0.39, 0.29) is 11.7 Å². The zero-order chi connectivity index (χ0) is 14.5. The number of benzene rings is 1. The van der Waals surface area contributed by atoms with Crippen molar-refractivity contribution in [2.75, 3.05) is 12.5 Å². The number of rotatable bonds is 3. The van der Waals surface area contributed by atoms with Crippen LogP contribution in [0.5, 0.6) is 5.75 Å². The van der Waals surface area contributed by atoms with Crippen LogP contribution in [0.25, 0.3) is 0 Å². The first-order chi connectivity index (χ1) is 10.3. The van der Waals surface area contributed by atoms with Crippen LogP contribution in [0.3, 0.4) is 0 Å². The van der Waals surface area contributed by atoms with E-state index in [1.807, 2.05) is 24.3 Å². The molecule has 0 N–H and O–H groups in total. The van der Waals surface area contributed by atoms with Gasteiger partial charge in [-0.05, 0) is 43.5 Å². The maximum Gasteiger partial charge on any atom is 0.119 e. The van der Waals surface area contributed by atoms with E-state index < -0.39 is 0 Å². The van der Waals surface area contributed by atoms with Gasteiger partial charge < -0.3 is 9.47 Å². The van der Waals surface area contributed by atoms with E-state index in [9.17, 15) is 0 Å². The normalized spacial score (nSPS) is 23.0. The third kappa shape index (κ3) is 3.73. The first-order valence-electron chi connectivity index (χ1n) is 7.75. The van der Waals surface area contributed by atoms with Gasteiger partial charge in [-0.2, -0.15) is 0 Å². The number of hydrogen-bond donors (Lipinski definition) is 0. The van der Waals surface area contributed by atoms with Gasteiger partial charge in [0, 0.05) is 30.7 Å². The van der Waals surface area contributed by atoms with Gasteiger partial charge in [0.1, 0.15) is 11.9 Å². The average molecular weight is 305 g/mol. The Hall–Kier alpha value is -1.17. The Balaban J connectivity index is 1.56. The van der Waals surface area contributed by atoms with Crippen molar-refractivity contribution in [3.63, 3.8) is 0 Å². The highest BCUT2D eigenvalue weighted by Gasteiger charge is 2.43. The number of halogens is 1. The fourth-order valence-electron chi connectivity index (χ4n) is 3.02. The summed E-state index contributed by atoms with van der Waals surface area (Å²) < 4.78 is 12.1. The highest BCUT2D eigenvalue weighted by Crippen LogP contribution is 2.43. The van der Waals surface area contributed by atoms with E-state index >= 15 is 0 Å². The van der Waals surface area contributed by atoms with E-state index in [1.165, 1.54) is 19.3 Å². The molecule has 0 aromatic heterocycles. The summed E-state index contributed by atoms with van der Waals surface area (Å²) in [5, 5.41) is 0. The summed E-state index contributed by atoms with van der Waals surface area (Å²) in [6.07, 6.45) is 6.71. The number of hydrogen-bond acceptors (Lipinski definition) is 2. The van der Waals surface area contributed by atoms with Gasteiger partial charge in [0.05, 0.1) is 12.2 Å². The van der Waals surface area contributed by atoms with Crippen LogP contribution < -0.4 is 4.74 Å². The van der Waals surface area contributed by atoms with Gasteiger partial charge in [-0.15, -0.1) is 11.6 Å². The SMILES string of the molecule is ClCCC#Cc1ccc(OC2CCOC3(CCC3)C2)cc1. The molecule has 112 valence electrons. The molecule has 0 bridgehead atoms. The van der Waals surface area contributed by atoms with Crippen molar-refractivity contribution in [1.82, 2.24) is 0 Å². The van der Waals surface area contributed by atoms with Crippen LogP contribution in [0, 0.1) is 11.8 Å². The molecule has 1 unspecified atom stereocenters. The summed E-state index contributed by atoms with van der Waals surface area (Å²) in [4.78, 5) is 0. The molecule has 0 radical (unpaired) electrons. The van der Waals surface area contributed by atoms with Crippen molar-refractivity contribution < 1.29 is 9.47 Å². The highest BCUT2D eigenvalue weighted by atomic mass is 35.5. The van der Waals surface area contributed by atoms with E-state index in [2.05, 4.69) is 11.8 Å². The lowest BCUT2D eigenvalue weighted by Gasteiger charge is -2.46. The zero-order valence-corrected chi connectivity index (χ0v) is 13.0. The minimum absolute atomic E-state index is 0.135. The number of alkyl halides is 1. The second-order valence-electron chi connectivity index (χ2n) is 5.88. The lowest BCUT2D eigenvalue weighted by molar-refractivity contribution is -0.153. The minimum atomic E-state index is 0.135. The van der Waals surface area contributed by atoms with Gasteiger partial charge in [-0.25, -0.2) is 0 Å². The summed E-state index contributed by atoms with van der Waals surface area (Å²) in [6.45, 7) is 0.826. The van der Waals surface area contributed by atoms with Crippen molar-refractivity contribution >= 4 is 11.6 Å². The van der Waals surface area contributed by atoms with Gasteiger partial charge in [0.2, 0.25) is 0 Å². The van der Waals surface area contributed by atoms with Gasteiger partial charge in [0.25, 0.3) is 0 Å². The van der Waals surface area contributed by atoms with Crippen LogP contribution in [-0.4, -0.2) is 24.2 Å². The molecule has 0 amide bonds. The van der Waals surface area contributed by atoms with Crippen LogP contribution in [0.15, 0.2) is 24.3 Å². The highest BCUT2D eigenvalue weighted by molar-refractivity contribution is 6.18. The minimum Gasteiger partial charge on any atom is -0.490 e. The van der Waals surface area contributed by atoms with Gasteiger partial charge >= 0.3 is 0 Å². The molecule has 1 aliphatic carbocycles. The lowest BCUT2D eigenvalue weighted by atomic mass is 9.74. The van der Waals surface area contributed by atoms with Gasteiger partial charge in [-0.1, -0.05) is 11.8 Å². The molecule has 1 aromatic rings. The topological polar surface area (TPSA) is 18.5 Å². The molecule has 2 fully saturated rings. The quantitative estimate of drug-likeness (QED) is 0.617. The lowest BCUT2D eigenvalue weighted by Crippen LogP contribution is -2.48. The van der Waals surface area contributed by atoms with Crippen molar-refractivity contribution in [3.8, 4) is 17.6 Å². The van der Waals surface area contributed by atoms with Crippen molar-refractivity contribution in [2.24, 2.45) is 0 Å². The van der Waals surface area contributed by atoms with E-state index in [0.29, 0.717) is 5.88 Å². The van der Waals surface area contributed by atoms with Crippen molar-refractivity contribution in [2.45, 2.75) is 50.2 Å². The van der Waals surface area contributed by atoms with E-state index in [0.717, 1.165) is 37.2 Å². The van der Waals surface area contributed by atoms with Crippen molar-refractivity contribution in [3.05, 3.63) is 29.8 Å². The van der Waals surface area contributed by atoms with Crippen LogP contribution in [0.2, 0.25) is 0 Å².